The fourth-order valence-electron chi connectivity index (χ4n) is 4.33. The third-order valence-corrected chi connectivity index (χ3v) is 6.07. The molecule has 2 aromatic heterocycles. The van der Waals surface area contributed by atoms with Crippen LogP contribution < -0.4 is 10.2 Å². The summed E-state index contributed by atoms with van der Waals surface area (Å²) in [7, 11) is 0. The second-order valence-corrected chi connectivity index (χ2v) is 8.27. The number of hydrogen-bond donors (Lipinski definition) is 1. The Bertz CT molecular complexity index is 1130. The van der Waals surface area contributed by atoms with E-state index in [0.29, 0.717) is 25.9 Å². The highest BCUT2D eigenvalue weighted by atomic mass is 19.4. The lowest BCUT2D eigenvalue weighted by atomic mass is 9.96. The molecule has 1 N–H and O–H groups in total. The molecule has 1 amide bonds. The molecule has 0 spiro atoms. The van der Waals surface area contributed by atoms with E-state index >= 15 is 0 Å². The number of carbonyl (C=O) groups excluding carboxylic acids is 1. The SMILES string of the molecule is Cc1nn(-c2ccccc2)c(C)c1CNC(=O)C1CCCN(c2ncccc2C(F)(F)F)C1. The van der Waals surface area contributed by atoms with E-state index in [1.807, 2.05) is 48.9 Å². The third-order valence-electron chi connectivity index (χ3n) is 6.07. The highest BCUT2D eigenvalue weighted by molar-refractivity contribution is 5.79. The highest BCUT2D eigenvalue weighted by Gasteiger charge is 2.37. The van der Waals surface area contributed by atoms with Gasteiger partial charge in [0.15, 0.2) is 0 Å². The van der Waals surface area contributed by atoms with E-state index in [1.165, 1.54) is 12.3 Å². The third kappa shape index (κ3) is 4.86. The maximum Gasteiger partial charge on any atom is 0.419 e. The molecule has 1 aliphatic rings. The Hall–Kier alpha value is -3.36. The first-order valence-electron chi connectivity index (χ1n) is 10.9. The van der Waals surface area contributed by atoms with Crippen LogP contribution in [0.1, 0.15) is 35.4 Å². The van der Waals surface area contributed by atoms with E-state index in [-0.39, 0.29) is 18.3 Å². The van der Waals surface area contributed by atoms with Crippen LogP contribution in [-0.2, 0) is 17.5 Å². The second kappa shape index (κ2) is 9.25. The van der Waals surface area contributed by atoms with Gasteiger partial charge in [0.25, 0.3) is 0 Å². The first-order valence-corrected chi connectivity index (χ1v) is 10.9. The molecule has 4 rings (SSSR count). The van der Waals surface area contributed by atoms with Crippen molar-refractivity contribution in [2.45, 2.75) is 39.4 Å². The monoisotopic (exact) mass is 457 g/mol. The van der Waals surface area contributed by atoms with Crippen LogP contribution in [0.15, 0.2) is 48.7 Å². The molecule has 9 heteroatoms. The number of anilines is 1. The van der Waals surface area contributed by atoms with E-state index in [9.17, 15) is 18.0 Å². The highest BCUT2D eigenvalue weighted by Crippen LogP contribution is 2.36. The van der Waals surface area contributed by atoms with Crippen LogP contribution in [0.2, 0.25) is 0 Å². The van der Waals surface area contributed by atoms with Gasteiger partial charge in [-0.05, 0) is 51.0 Å². The molecular weight excluding hydrogens is 431 g/mol. The van der Waals surface area contributed by atoms with Crippen molar-refractivity contribution in [2.24, 2.45) is 5.92 Å². The molecule has 1 aliphatic heterocycles. The van der Waals surface area contributed by atoms with Gasteiger partial charge in [0.05, 0.1) is 22.9 Å². The maximum absolute atomic E-state index is 13.4. The van der Waals surface area contributed by atoms with Crippen LogP contribution in [0.25, 0.3) is 5.69 Å². The fourth-order valence-corrected chi connectivity index (χ4v) is 4.33. The number of alkyl halides is 3. The number of rotatable bonds is 5. The van der Waals surface area contributed by atoms with E-state index in [0.717, 1.165) is 28.7 Å². The van der Waals surface area contributed by atoms with Crippen molar-refractivity contribution in [3.63, 3.8) is 0 Å². The van der Waals surface area contributed by atoms with Gasteiger partial charge in [0.1, 0.15) is 5.82 Å². The van der Waals surface area contributed by atoms with Crippen LogP contribution in [-0.4, -0.2) is 33.8 Å². The number of halogens is 3. The summed E-state index contributed by atoms with van der Waals surface area (Å²) in [5, 5.41) is 7.57. The minimum atomic E-state index is -4.49. The maximum atomic E-state index is 13.4. The van der Waals surface area contributed by atoms with Crippen LogP contribution in [0, 0.1) is 19.8 Å². The predicted molar refractivity (Wildman–Crippen MR) is 119 cm³/mol. The predicted octanol–water partition coefficient (Wildman–Crippen LogP) is 4.44. The van der Waals surface area contributed by atoms with E-state index in [2.05, 4.69) is 15.4 Å². The molecule has 0 radical (unpaired) electrons. The number of nitrogens with zero attached hydrogens (tertiary/aromatic N) is 4. The van der Waals surface area contributed by atoms with Gasteiger partial charge in [-0.1, -0.05) is 18.2 Å². The summed E-state index contributed by atoms with van der Waals surface area (Å²) in [5.41, 5.74) is 2.86. The summed E-state index contributed by atoms with van der Waals surface area (Å²) < 4.78 is 42.1. The average Bonchev–Trinajstić information content (AvgIpc) is 3.10. The second-order valence-electron chi connectivity index (χ2n) is 8.27. The van der Waals surface area contributed by atoms with Gasteiger partial charge in [-0.15, -0.1) is 0 Å². The van der Waals surface area contributed by atoms with Crippen molar-refractivity contribution < 1.29 is 18.0 Å². The summed E-state index contributed by atoms with van der Waals surface area (Å²) in [6.07, 6.45) is -1.90. The molecule has 1 fully saturated rings. The fraction of sp³-hybridized carbons (Fsp3) is 0.375. The zero-order valence-corrected chi connectivity index (χ0v) is 18.6. The molecule has 3 heterocycles. The summed E-state index contributed by atoms with van der Waals surface area (Å²) in [6, 6.07) is 12.0. The zero-order valence-electron chi connectivity index (χ0n) is 18.6. The average molecular weight is 458 g/mol. The largest absolute Gasteiger partial charge is 0.419 e. The number of aromatic nitrogens is 3. The van der Waals surface area contributed by atoms with Gasteiger partial charge in [0, 0.05) is 37.1 Å². The molecular formula is C24H26F3N5O. The summed E-state index contributed by atoms with van der Waals surface area (Å²) in [5.74, 6) is -0.694. The summed E-state index contributed by atoms with van der Waals surface area (Å²) >= 11 is 0. The Morgan fingerprint density at radius 3 is 2.64 bits per heavy atom. The van der Waals surface area contributed by atoms with Crippen LogP contribution >= 0.6 is 0 Å². The molecule has 1 saturated heterocycles. The molecule has 0 bridgehead atoms. The van der Waals surface area contributed by atoms with Gasteiger partial charge >= 0.3 is 6.18 Å². The zero-order chi connectivity index (χ0) is 23.6. The lowest BCUT2D eigenvalue weighted by Gasteiger charge is -2.34. The van der Waals surface area contributed by atoms with Crippen LogP contribution in [0.5, 0.6) is 0 Å². The molecule has 174 valence electrons. The molecule has 3 aromatic rings. The van der Waals surface area contributed by atoms with Crippen molar-refractivity contribution in [2.75, 3.05) is 18.0 Å². The Morgan fingerprint density at radius 1 is 1.15 bits per heavy atom. The molecule has 0 aliphatic carbocycles. The number of nitrogens with one attached hydrogen (secondary N) is 1. The lowest BCUT2D eigenvalue weighted by molar-refractivity contribution is -0.137. The number of carbonyl (C=O) groups is 1. The Morgan fingerprint density at radius 2 is 1.91 bits per heavy atom. The number of benzene rings is 1. The van der Waals surface area contributed by atoms with E-state index in [1.54, 1.807) is 4.90 Å². The Balaban J connectivity index is 1.45. The number of piperidine rings is 1. The standard InChI is InChI=1S/C24H26F3N5O/c1-16-20(17(2)32(30-16)19-9-4-3-5-10-19)14-29-23(33)18-8-7-13-31(15-18)22-21(24(25,26)27)11-6-12-28-22/h3-6,9-12,18H,7-8,13-15H2,1-2H3,(H,29,33). The van der Waals surface area contributed by atoms with Crippen molar-refractivity contribution in [1.29, 1.82) is 0 Å². The lowest BCUT2D eigenvalue weighted by Crippen LogP contribution is -2.43. The quantitative estimate of drug-likeness (QED) is 0.616. The number of hydrogen-bond acceptors (Lipinski definition) is 4. The number of amides is 1. The number of para-hydroxylation sites is 1. The van der Waals surface area contributed by atoms with E-state index in [4.69, 9.17) is 0 Å². The molecule has 1 aromatic carbocycles. The summed E-state index contributed by atoms with van der Waals surface area (Å²) in [4.78, 5) is 18.5. The minimum absolute atomic E-state index is 0.113. The smallest absolute Gasteiger partial charge is 0.355 e. The molecule has 0 saturated carbocycles. The molecule has 1 atom stereocenters. The number of aryl methyl sites for hydroxylation is 1. The van der Waals surface area contributed by atoms with Crippen LogP contribution in [0.3, 0.4) is 0 Å². The van der Waals surface area contributed by atoms with Crippen LogP contribution in [0.4, 0.5) is 19.0 Å². The van der Waals surface area contributed by atoms with Gasteiger partial charge in [-0.2, -0.15) is 18.3 Å². The normalized spacial score (nSPS) is 16.6. The Labute approximate surface area is 190 Å². The van der Waals surface area contributed by atoms with Crippen molar-refractivity contribution in [3.05, 3.63) is 71.2 Å². The van der Waals surface area contributed by atoms with Gasteiger partial charge < -0.3 is 10.2 Å². The van der Waals surface area contributed by atoms with Crippen molar-refractivity contribution >= 4 is 11.7 Å². The van der Waals surface area contributed by atoms with Gasteiger partial charge in [-0.3, -0.25) is 4.79 Å². The summed E-state index contributed by atoms with van der Waals surface area (Å²) in [6.45, 7) is 4.81. The van der Waals surface area contributed by atoms with Gasteiger partial charge in [0.2, 0.25) is 5.91 Å². The van der Waals surface area contributed by atoms with Gasteiger partial charge in [-0.25, -0.2) is 9.67 Å². The molecule has 33 heavy (non-hydrogen) atoms. The first-order chi connectivity index (χ1) is 15.8. The number of pyridine rings is 1. The molecule has 1 unspecified atom stereocenters. The van der Waals surface area contributed by atoms with E-state index < -0.39 is 17.7 Å². The molecule has 6 nitrogen and oxygen atoms in total. The van der Waals surface area contributed by atoms with Crippen molar-refractivity contribution in [1.82, 2.24) is 20.1 Å². The Kier molecular flexibility index (Phi) is 6.40. The van der Waals surface area contributed by atoms with Crippen molar-refractivity contribution in [3.8, 4) is 5.69 Å². The first kappa shape index (κ1) is 22.8. The minimum Gasteiger partial charge on any atom is -0.355 e. The topological polar surface area (TPSA) is 63.1 Å².